The number of aromatic amines is 1. The van der Waals surface area contributed by atoms with Crippen LogP contribution in [-0.4, -0.2) is 47.2 Å². The molecule has 0 bridgehead atoms. The fourth-order valence-corrected chi connectivity index (χ4v) is 3.06. The van der Waals surface area contributed by atoms with Crippen LogP contribution in [0.15, 0.2) is 30.3 Å². The average Bonchev–Trinajstić information content (AvgIpc) is 3.23. The lowest BCUT2D eigenvalue weighted by Crippen LogP contribution is -2.34. The lowest BCUT2D eigenvalue weighted by Gasteiger charge is -2.22. The predicted molar refractivity (Wildman–Crippen MR) is 92.9 cm³/mol. The first-order valence-electron chi connectivity index (χ1n) is 8.33. The van der Waals surface area contributed by atoms with E-state index in [1.807, 2.05) is 36.1 Å². The summed E-state index contributed by atoms with van der Waals surface area (Å²) in [6, 6.07) is 9.49. The molecule has 6 nitrogen and oxygen atoms in total. The van der Waals surface area contributed by atoms with Gasteiger partial charge in [0.2, 0.25) is 0 Å². The number of para-hydroxylation sites is 1. The van der Waals surface area contributed by atoms with Gasteiger partial charge in [0.1, 0.15) is 11.4 Å². The van der Waals surface area contributed by atoms with E-state index in [9.17, 15) is 4.79 Å². The van der Waals surface area contributed by atoms with Gasteiger partial charge in [-0.15, -0.1) is 0 Å². The number of rotatable bonds is 5. The number of benzene rings is 1. The molecule has 1 atom stereocenters. The molecule has 1 aromatic heterocycles. The van der Waals surface area contributed by atoms with Crippen LogP contribution >= 0.6 is 0 Å². The molecule has 1 unspecified atom stereocenters. The van der Waals surface area contributed by atoms with Gasteiger partial charge >= 0.3 is 0 Å². The zero-order chi connectivity index (χ0) is 17.2. The first-order valence-corrected chi connectivity index (χ1v) is 8.33. The minimum Gasteiger partial charge on any atom is -0.493 e. The number of nitrogens with one attached hydrogen (secondary N) is 1. The van der Waals surface area contributed by atoms with Crippen LogP contribution < -0.4 is 10.5 Å². The molecule has 0 aliphatic carbocycles. The van der Waals surface area contributed by atoms with Gasteiger partial charge in [-0.2, -0.15) is 5.10 Å². The van der Waals surface area contributed by atoms with Crippen molar-refractivity contribution >= 4 is 5.91 Å². The first-order chi connectivity index (χ1) is 11.6. The number of nitrogens with two attached hydrogens (primary N) is 1. The number of amides is 1. The maximum Gasteiger partial charge on any atom is 0.271 e. The van der Waals surface area contributed by atoms with Crippen molar-refractivity contribution in [2.75, 3.05) is 26.2 Å². The Morgan fingerprint density at radius 2 is 2.25 bits per heavy atom. The Kier molecular flexibility index (Phi) is 4.57. The summed E-state index contributed by atoms with van der Waals surface area (Å²) in [5, 5.41) is 7.17. The molecule has 1 aliphatic heterocycles. The number of hydrogen-bond donors (Lipinski definition) is 2. The van der Waals surface area contributed by atoms with E-state index in [1.54, 1.807) is 6.07 Å². The van der Waals surface area contributed by atoms with E-state index in [1.165, 1.54) is 0 Å². The molecule has 3 N–H and O–H groups in total. The zero-order valence-corrected chi connectivity index (χ0v) is 14.2. The summed E-state index contributed by atoms with van der Waals surface area (Å²) < 4.78 is 5.64. The molecule has 0 spiro atoms. The number of ether oxygens (including phenoxy) is 1. The SMILES string of the molecule is CCOc1ccccc1-c1cc(C(=O)N2CCC(C)(CN)C2)[nH]n1. The van der Waals surface area contributed by atoms with Crippen LogP contribution in [0, 0.1) is 5.41 Å². The molecule has 0 radical (unpaired) electrons. The van der Waals surface area contributed by atoms with Crippen LogP contribution in [-0.2, 0) is 0 Å². The molecule has 1 fully saturated rings. The van der Waals surface area contributed by atoms with Crippen molar-refractivity contribution < 1.29 is 9.53 Å². The summed E-state index contributed by atoms with van der Waals surface area (Å²) in [4.78, 5) is 14.5. The maximum atomic E-state index is 12.7. The van der Waals surface area contributed by atoms with Crippen LogP contribution in [0.25, 0.3) is 11.3 Å². The van der Waals surface area contributed by atoms with Crippen LogP contribution in [0.1, 0.15) is 30.8 Å². The smallest absolute Gasteiger partial charge is 0.271 e. The van der Waals surface area contributed by atoms with E-state index in [4.69, 9.17) is 10.5 Å². The standard InChI is InChI=1S/C18H24N4O2/c1-3-24-16-7-5-4-6-13(16)14-10-15(21-20-14)17(23)22-9-8-18(2,11-19)12-22/h4-7,10H,3,8-9,11-12,19H2,1-2H3,(H,20,21). The van der Waals surface area contributed by atoms with Crippen molar-refractivity contribution in [3.8, 4) is 17.0 Å². The number of aromatic nitrogens is 2. The molecule has 1 amide bonds. The van der Waals surface area contributed by atoms with E-state index >= 15 is 0 Å². The molecule has 2 heterocycles. The Morgan fingerprint density at radius 3 is 2.96 bits per heavy atom. The lowest BCUT2D eigenvalue weighted by molar-refractivity contribution is 0.0771. The van der Waals surface area contributed by atoms with E-state index < -0.39 is 0 Å². The van der Waals surface area contributed by atoms with Gasteiger partial charge in [0.25, 0.3) is 5.91 Å². The Balaban J connectivity index is 1.80. The maximum absolute atomic E-state index is 12.7. The van der Waals surface area contributed by atoms with Gasteiger partial charge in [-0.3, -0.25) is 9.89 Å². The highest BCUT2D eigenvalue weighted by Gasteiger charge is 2.35. The van der Waals surface area contributed by atoms with Crippen LogP contribution in [0.3, 0.4) is 0 Å². The van der Waals surface area contributed by atoms with Crippen molar-refractivity contribution in [1.29, 1.82) is 0 Å². The fourth-order valence-electron chi connectivity index (χ4n) is 3.06. The largest absolute Gasteiger partial charge is 0.493 e. The van der Waals surface area contributed by atoms with E-state index in [-0.39, 0.29) is 11.3 Å². The van der Waals surface area contributed by atoms with Gasteiger partial charge in [0, 0.05) is 18.7 Å². The normalized spacial score (nSPS) is 20.4. The predicted octanol–water partition coefficient (Wildman–Crippen LogP) is 2.29. The Morgan fingerprint density at radius 1 is 1.46 bits per heavy atom. The van der Waals surface area contributed by atoms with E-state index in [0.29, 0.717) is 31.1 Å². The molecule has 24 heavy (non-hydrogen) atoms. The topological polar surface area (TPSA) is 84.2 Å². The van der Waals surface area contributed by atoms with Gasteiger partial charge in [0.05, 0.1) is 12.3 Å². The highest BCUT2D eigenvalue weighted by Crippen LogP contribution is 2.31. The Hall–Kier alpha value is -2.34. The lowest BCUT2D eigenvalue weighted by atomic mass is 9.90. The number of likely N-dealkylation sites (tertiary alicyclic amines) is 1. The summed E-state index contributed by atoms with van der Waals surface area (Å²) in [7, 11) is 0. The summed E-state index contributed by atoms with van der Waals surface area (Å²) >= 11 is 0. The molecule has 3 rings (SSSR count). The van der Waals surface area contributed by atoms with Crippen molar-refractivity contribution in [3.05, 3.63) is 36.0 Å². The van der Waals surface area contributed by atoms with Gasteiger partial charge in [-0.1, -0.05) is 19.1 Å². The van der Waals surface area contributed by atoms with Gasteiger partial charge in [0.15, 0.2) is 0 Å². The van der Waals surface area contributed by atoms with E-state index in [0.717, 1.165) is 24.3 Å². The second kappa shape index (κ2) is 6.65. The molecular formula is C18H24N4O2. The van der Waals surface area contributed by atoms with Gasteiger partial charge in [-0.05, 0) is 43.5 Å². The molecule has 2 aromatic rings. The van der Waals surface area contributed by atoms with Crippen molar-refractivity contribution in [1.82, 2.24) is 15.1 Å². The molecule has 0 saturated carbocycles. The van der Waals surface area contributed by atoms with E-state index in [2.05, 4.69) is 17.1 Å². The molecule has 1 aromatic carbocycles. The quantitative estimate of drug-likeness (QED) is 0.882. The monoisotopic (exact) mass is 328 g/mol. The van der Waals surface area contributed by atoms with Crippen molar-refractivity contribution in [2.24, 2.45) is 11.1 Å². The number of H-pyrrole nitrogens is 1. The third-order valence-corrected chi connectivity index (χ3v) is 4.61. The van der Waals surface area contributed by atoms with Crippen LogP contribution in [0.4, 0.5) is 0 Å². The summed E-state index contributed by atoms with van der Waals surface area (Å²) in [6.07, 6.45) is 0.934. The highest BCUT2D eigenvalue weighted by molar-refractivity contribution is 5.93. The molecule has 1 saturated heterocycles. The number of carbonyl (C=O) groups excluding carboxylic acids is 1. The third kappa shape index (κ3) is 3.14. The number of nitrogens with zero attached hydrogens (tertiary/aromatic N) is 2. The molecular weight excluding hydrogens is 304 g/mol. The molecule has 1 aliphatic rings. The Bertz CT molecular complexity index is 727. The van der Waals surface area contributed by atoms with Crippen LogP contribution in [0.5, 0.6) is 5.75 Å². The Labute approximate surface area is 142 Å². The minimum atomic E-state index is -0.0279. The second-order valence-corrected chi connectivity index (χ2v) is 6.59. The summed E-state index contributed by atoms with van der Waals surface area (Å²) in [5.41, 5.74) is 7.92. The van der Waals surface area contributed by atoms with Crippen molar-refractivity contribution in [2.45, 2.75) is 20.3 Å². The second-order valence-electron chi connectivity index (χ2n) is 6.59. The summed E-state index contributed by atoms with van der Waals surface area (Å²) in [5.74, 6) is 0.738. The average molecular weight is 328 g/mol. The number of hydrogen-bond acceptors (Lipinski definition) is 4. The fraction of sp³-hybridized carbons (Fsp3) is 0.444. The van der Waals surface area contributed by atoms with Gasteiger partial charge in [-0.25, -0.2) is 0 Å². The zero-order valence-electron chi connectivity index (χ0n) is 14.2. The molecule has 128 valence electrons. The first kappa shape index (κ1) is 16.5. The highest BCUT2D eigenvalue weighted by atomic mass is 16.5. The summed E-state index contributed by atoms with van der Waals surface area (Å²) in [6.45, 7) is 6.66. The number of carbonyl (C=O) groups is 1. The minimum absolute atomic E-state index is 0.0140. The van der Waals surface area contributed by atoms with Gasteiger partial charge < -0.3 is 15.4 Å². The third-order valence-electron chi connectivity index (χ3n) is 4.61. The van der Waals surface area contributed by atoms with Crippen LogP contribution in [0.2, 0.25) is 0 Å². The van der Waals surface area contributed by atoms with Crippen molar-refractivity contribution in [3.63, 3.8) is 0 Å². The molecule has 6 heteroatoms.